The first-order valence-electron chi connectivity index (χ1n) is 9.06. The molecule has 1 fully saturated rings. The maximum absolute atomic E-state index is 13.0. The molecule has 5 rings (SSSR count). The molecule has 0 aliphatic heterocycles. The molecule has 6 nitrogen and oxygen atoms in total. The second-order valence-electron chi connectivity index (χ2n) is 6.64. The average Bonchev–Trinajstić information content (AvgIpc) is 3.14. The summed E-state index contributed by atoms with van der Waals surface area (Å²) in [6.07, 6.45) is 3.99. The van der Waals surface area contributed by atoms with Crippen molar-refractivity contribution in [3.8, 4) is 16.4 Å². The van der Waals surface area contributed by atoms with Gasteiger partial charge >= 0.3 is 0 Å². The van der Waals surface area contributed by atoms with Gasteiger partial charge in [0.15, 0.2) is 5.82 Å². The van der Waals surface area contributed by atoms with E-state index in [2.05, 4.69) is 20.4 Å². The van der Waals surface area contributed by atoms with Crippen molar-refractivity contribution in [2.75, 3.05) is 0 Å². The highest BCUT2D eigenvalue weighted by atomic mass is 32.1. The van der Waals surface area contributed by atoms with Crippen LogP contribution in [-0.2, 0) is 0 Å². The topological polar surface area (TPSA) is 72.7 Å². The predicted molar refractivity (Wildman–Crippen MR) is 110 cm³/mol. The van der Waals surface area contributed by atoms with Crippen LogP contribution >= 0.6 is 22.7 Å². The van der Waals surface area contributed by atoms with Gasteiger partial charge in [-0.25, -0.2) is 14.6 Å². The fourth-order valence-electron chi connectivity index (χ4n) is 3.13. The van der Waals surface area contributed by atoms with Crippen molar-refractivity contribution in [3.63, 3.8) is 0 Å². The van der Waals surface area contributed by atoms with Gasteiger partial charge in [-0.05, 0) is 42.3 Å². The summed E-state index contributed by atoms with van der Waals surface area (Å²) in [6.45, 7) is 0. The normalized spacial score (nSPS) is 14.7. The molecule has 1 amide bonds. The van der Waals surface area contributed by atoms with Crippen LogP contribution in [0.4, 0.5) is 0 Å². The Labute approximate surface area is 169 Å². The van der Waals surface area contributed by atoms with Gasteiger partial charge in [0.1, 0.15) is 5.01 Å². The lowest BCUT2D eigenvalue weighted by atomic mass is 10.2. The van der Waals surface area contributed by atoms with Crippen LogP contribution in [0, 0.1) is 5.92 Å². The molecule has 1 N–H and O–H groups in total. The molecule has 0 bridgehead atoms. The molecule has 140 valence electrons. The first kappa shape index (κ1) is 17.3. The molecule has 1 aliphatic rings. The summed E-state index contributed by atoms with van der Waals surface area (Å²) in [5.41, 5.74) is 0.871. The number of rotatable bonds is 6. The second kappa shape index (κ2) is 7.29. The monoisotopic (exact) mass is 407 g/mol. The molecule has 0 radical (unpaired) electrons. The van der Waals surface area contributed by atoms with Crippen molar-refractivity contribution in [1.82, 2.24) is 25.1 Å². The molecule has 28 heavy (non-hydrogen) atoms. The summed E-state index contributed by atoms with van der Waals surface area (Å²) >= 11 is 3.14. The zero-order chi connectivity index (χ0) is 18.9. The number of thiazole rings is 1. The molecular weight excluding hydrogens is 390 g/mol. The van der Waals surface area contributed by atoms with Gasteiger partial charge < -0.3 is 5.32 Å². The minimum Gasteiger partial charge on any atom is -0.340 e. The summed E-state index contributed by atoms with van der Waals surface area (Å²) in [7, 11) is 0. The lowest BCUT2D eigenvalue weighted by Crippen LogP contribution is -2.30. The van der Waals surface area contributed by atoms with Crippen LogP contribution in [-0.4, -0.2) is 25.7 Å². The molecular formula is C20H17N5OS2. The molecule has 4 aromatic rings. The van der Waals surface area contributed by atoms with Gasteiger partial charge in [0.2, 0.25) is 5.82 Å². The van der Waals surface area contributed by atoms with Gasteiger partial charge in [0.25, 0.3) is 5.91 Å². The predicted octanol–water partition coefficient (Wildman–Crippen LogP) is 4.33. The Hall–Kier alpha value is -2.84. The van der Waals surface area contributed by atoms with E-state index in [-0.39, 0.29) is 17.8 Å². The highest BCUT2D eigenvalue weighted by Gasteiger charge is 2.36. The first-order chi connectivity index (χ1) is 13.8. The van der Waals surface area contributed by atoms with E-state index in [0.717, 1.165) is 28.4 Å². The molecule has 1 aliphatic carbocycles. The first-order valence-corrected chi connectivity index (χ1v) is 10.8. The minimum absolute atomic E-state index is 0.0682. The second-order valence-corrected chi connectivity index (χ2v) is 8.52. The Morgan fingerprint density at radius 3 is 2.64 bits per heavy atom. The molecule has 1 unspecified atom stereocenters. The van der Waals surface area contributed by atoms with Gasteiger partial charge in [-0.2, -0.15) is 0 Å². The highest BCUT2D eigenvalue weighted by molar-refractivity contribution is 7.13. The van der Waals surface area contributed by atoms with Gasteiger partial charge in [0.05, 0.1) is 16.6 Å². The number of thiophene rings is 1. The fourth-order valence-corrected chi connectivity index (χ4v) is 4.61. The van der Waals surface area contributed by atoms with Crippen LogP contribution < -0.4 is 5.32 Å². The number of nitrogens with one attached hydrogen (secondary N) is 1. The van der Waals surface area contributed by atoms with Gasteiger partial charge in [-0.3, -0.25) is 4.79 Å². The number of carbonyl (C=O) groups is 1. The van der Waals surface area contributed by atoms with Crippen LogP contribution in [0.5, 0.6) is 0 Å². The zero-order valence-corrected chi connectivity index (χ0v) is 16.5. The van der Waals surface area contributed by atoms with Crippen molar-refractivity contribution in [3.05, 3.63) is 70.3 Å². The maximum atomic E-state index is 13.0. The Morgan fingerprint density at radius 2 is 1.96 bits per heavy atom. The molecule has 3 aromatic heterocycles. The van der Waals surface area contributed by atoms with Crippen LogP contribution in [0.3, 0.4) is 0 Å². The Kier molecular flexibility index (Phi) is 4.50. The highest BCUT2D eigenvalue weighted by Crippen LogP contribution is 2.41. The van der Waals surface area contributed by atoms with Crippen LogP contribution in [0.2, 0.25) is 0 Å². The number of nitrogens with zero attached hydrogens (tertiary/aromatic N) is 4. The number of aromatic nitrogens is 4. The van der Waals surface area contributed by atoms with Gasteiger partial charge in [-0.1, -0.05) is 24.3 Å². The molecule has 8 heteroatoms. The van der Waals surface area contributed by atoms with E-state index in [4.69, 9.17) is 0 Å². The quantitative estimate of drug-likeness (QED) is 0.516. The third-order valence-corrected chi connectivity index (χ3v) is 6.37. The number of hydrogen-bond acceptors (Lipinski definition) is 6. The molecule has 1 aromatic carbocycles. The zero-order valence-electron chi connectivity index (χ0n) is 14.9. The van der Waals surface area contributed by atoms with Crippen molar-refractivity contribution in [2.24, 2.45) is 5.92 Å². The average molecular weight is 408 g/mol. The van der Waals surface area contributed by atoms with Crippen molar-refractivity contribution in [1.29, 1.82) is 0 Å². The number of carbonyl (C=O) groups excluding carboxylic acids is 1. The lowest BCUT2D eigenvalue weighted by molar-refractivity contribution is 0.0921. The number of benzene rings is 1. The van der Waals surface area contributed by atoms with E-state index in [1.807, 2.05) is 53.2 Å². The molecule has 3 heterocycles. The van der Waals surface area contributed by atoms with Crippen LogP contribution in [0.15, 0.2) is 59.4 Å². The summed E-state index contributed by atoms with van der Waals surface area (Å²) in [6, 6.07) is 13.6. The minimum atomic E-state index is -0.264. The molecule has 0 saturated heterocycles. The van der Waals surface area contributed by atoms with E-state index in [1.54, 1.807) is 33.6 Å². The van der Waals surface area contributed by atoms with Crippen LogP contribution in [0.1, 0.15) is 34.5 Å². The van der Waals surface area contributed by atoms with E-state index >= 15 is 0 Å². The molecule has 0 spiro atoms. The van der Waals surface area contributed by atoms with Gasteiger partial charge in [-0.15, -0.1) is 27.8 Å². The largest absolute Gasteiger partial charge is 0.340 e. The number of para-hydroxylation sites is 1. The van der Waals surface area contributed by atoms with Gasteiger partial charge in [0, 0.05) is 11.6 Å². The maximum Gasteiger partial charge on any atom is 0.291 e. The van der Waals surface area contributed by atoms with Crippen molar-refractivity contribution in [2.45, 2.75) is 18.9 Å². The van der Waals surface area contributed by atoms with E-state index in [0.29, 0.717) is 11.7 Å². The summed E-state index contributed by atoms with van der Waals surface area (Å²) in [5.74, 6) is 1.03. The van der Waals surface area contributed by atoms with E-state index in [9.17, 15) is 4.79 Å². The smallest absolute Gasteiger partial charge is 0.291 e. The Balaban J connectivity index is 1.49. The number of amides is 1. The summed E-state index contributed by atoms with van der Waals surface area (Å²) < 4.78 is 1.73. The molecule has 1 saturated carbocycles. The summed E-state index contributed by atoms with van der Waals surface area (Å²) in [4.78, 5) is 22.9. The third kappa shape index (κ3) is 3.36. The molecule has 1 atom stereocenters. The lowest BCUT2D eigenvalue weighted by Gasteiger charge is -2.14. The SMILES string of the molecule is O=C(NC(c1nccs1)C1CC1)c1nc(-c2cccs2)n(-c2ccccc2)n1. The number of hydrogen-bond donors (Lipinski definition) is 1. The summed E-state index contributed by atoms with van der Waals surface area (Å²) in [5, 5.41) is 12.5. The van der Waals surface area contributed by atoms with Crippen molar-refractivity contribution >= 4 is 28.6 Å². The van der Waals surface area contributed by atoms with E-state index in [1.165, 1.54) is 0 Å². The Bertz CT molecular complexity index is 1070. The van der Waals surface area contributed by atoms with Crippen LogP contribution in [0.25, 0.3) is 16.4 Å². The Morgan fingerprint density at radius 1 is 1.11 bits per heavy atom. The van der Waals surface area contributed by atoms with Crippen molar-refractivity contribution < 1.29 is 4.79 Å². The third-order valence-electron chi connectivity index (χ3n) is 4.65. The fraction of sp³-hybridized carbons (Fsp3) is 0.200. The van der Waals surface area contributed by atoms with E-state index < -0.39 is 0 Å². The standard InChI is InChI=1S/C20H17N5OS2/c26-19(22-16(13-8-9-13)20-21-10-12-28-20)17-23-18(15-7-4-11-27-15)25(24-17)14-5-2-1-3-6-14/h1-7,10-13,16H,8-9H2,(H,22,26).